The fraction of sp³-hybridized carbons (Fsp3) is 0.0909. The Balaban J connectivity index is 2.19. The molecule has 0 saturated carbocycles. The number of benzene rings is 1. The molecule has 94 valence electrons. The zero-order chi connectivity index (χ0) is 13.7. The molecule has 0 aliphatic carbocycles. The van der Waals surface area contributed by atoms with Crippen molar-refractivity contribution in [2.75, 3.05) is 0 Å². The van der Waals surface area contributed by atoms with Crippen molar-refractivity contribution >= 4 is 39.9 Å². The Labute approximate surface area is 122 Å². The third-order valence-electron chi connectivity index (χ3n) is 2.21. The summed E-state index contributed by atoms with van der Waals surface area (Å²) >= 11 is 8.47. The molecule has 19 heavy (non-hydrogen) atoms. The summed E-state index contributed by atoms with van der Waals surface area (Å²) in [5.41, 5.74) is 9.68. The van der Waals surface area contributed by atoms with Crippen LogP contribution in [-0.2, 0) is 5.75 Å². The van der Waals surface area contributed by atoms with E-state index < -0.39 is 0 Å². The van der Waals surface area contributed by atoms with Gasteiger partial charge >= 0.3 is 0 Å². The van der Waals surface area contributed by atoms with E-state index in [1.165, 1.54) is 11.8 Å². The van der Waals surface area contributed by atoms with Crippen LogP contribution in [0, 0.1) is 11.3 Å². The van der Waals surface area contributed by atoms with E-state index in [4.69, 9.17) is 22.4 Å². The topological polar surface area (TPSA) is 85.4 Å². The van der Waals surface area contributed by atoms with E-state index in [0.717, 1.165) is 17.1 Å². The van der Waals surface area contributed by atoms with E-state index in [0.29, 0.717) is 26.4 Å². The summed E-state index contributed by atoms with van der Waals surface area (Å²) in [6.45, 7) is 0. The second-order valence-electron chi connectivity index (χ2n) is 3.35. The molecular weight excluding hydrogens is 302 g/mol. The van der Waals surface area contributed by atoms with E-state index in [2.05, 4.69) is 14.4 Å². The van der Waals surface area contributed by atoms with E-state index in [-0.39, 0.29) is 0 Å². The van der Waals surface area contributed by atoms with E-state index in [1.54, 1.807) is 0 Å². The molecule has 0 N–H and O–H groups in total. The van der Waals surface area contributed by atoms with E-state index in [1.807, 2.05) is 30.3 Å². The van der Waals surface area contributed by atoms with Crippen molar-refractivity contribution < 1.29 is 0 Å². The van der Waals surface area contributed by atoms with E-state index >= 15 is 0 Å². The number of halogens is 1. The van der Waals surface area contributed by atoms with Gasteiger partial charge in [-0.25, -0.2) is 0 Å². The molecule has 1 aromatic heterocycles. The molecule has 5 nitrogen and oxygen atoms in total. The summed E-state index contributed by atoms with van der Waals surface area (Å²) in [6, 6.07) is 9.51. The van der Waals surface area contributed by atoms with Crippen LogP contribution in [0.1, 0.15) is 11.1 Å². The maximum absolute atomic E-state index is 9.06. The normalized spacial score (nSPS) is 9.68. The van der Waals surface area contributed by atoms with Crippen LogP contribution in [0.3, 0.4) is 0 Å². The first kappa shape index (κ1) is 13.7. The third kappa shape index (κ3) is 3.19. The van der Waals surface area contributed by atoms with Crippen LogP contribution >= 0.6 is 34.9 Å². The predicted octanol–water partition coefficient (Wildman–Crippen LogP) is 4.90. The number of hydrogen-bond donors (Lipinski definition) is 0. The summed E-state index contributed by atoms with van der Waals surface area (Å²) < 4.78 is 4.12. The Morgan fingerprint density at radius 3 is 3.00 bits per heavy atom. The van der Waals surface area contributed by atoms with Gasteiger partial charge in [-0.05, 0) is 33.8 Å². The van der Waals surface area contributed by atoms with Crippen molar-refractivity contribution in [3.8, 4) is 6.07 Å². The minimum absolute atomic E-state index is 0.298. The molecule has 0 unspecified atom stereocenters. The Morgan fingerprint density at radius 1 is 1.53 bits per heavy atom. The summed E-state index contributed by atoms with van der Waals surface area (Å²) in [5.74, 6) is 0.605. The number of hydrogen-bond acceptors (Lipinski definition) is 5. The average Bonchev–Trinajstić information content (AvgIpc) is 2.80. The molecule has 0 fully saturated rings. The maximum atomic E-state index is 9.06. The molecule has 0 spiro atoms. The monoisotopic (exact) mass is 307 g/mol. The molecule has 1 heterocycles. The SMILES string of the molecule is N#Cc1c(SCc2ccccc2Cl)nsc1N=[N+]=[N-]. The zero-order valence-corrected chi connectivity index (χ0v) is 11.8. The lowest BCUT2D eigenvalue weighted by atomic mass is 10.2. The first-order valence-electron chi connectivity index (χ1n) is 5.07. The number of nitrogens with zero attached hydrogens (tertiary/aromatic N) is 5. The van der Waals surface area contributed by atoms with Crippen LogP contribution in [-0.4, -0.2) is 4.37 Å². The summed E-state index contributed by atoms with van der Waals surface area (Å²) in [5, 5.41) is 14.0. The van der Waals surface area contributed by atoms with Crippen LogP contribution in [0.5, 0.6) is 0 Å². The lowest BCUT2D eigenvalue weighted by molar-refractivity contribution is 1.24. The highest BCUT2D eigenvalue weighted by atomic mass is 35.5. The third-order valence-corrected chi connectivity index (χ3v) is 4.45. The van der Waals surface area contributed by atoms with Gasteiger partial charge < -0.3 is 0 Å². The number of thioether (sulfide) groups is 1. The molecule has 2 aromatic rings. The lowest BCUT2D eigenvalue weighted by Crippen LogP contribution is -1.83. The minimum atomic E-state index is 0.298. The van der Waals surface area contributed by atoms with Gasteiger partial charge in [-0.15, -0.1) is 0 Å². The fourth-order valence-corrected chi connectivity index (χ4v) is 3.40. The van der Waals surface area contributed by atoms with Crippen LogP contribution in [0.4, 0.5) is 5.00 Å². The maximum Gasteiger partial charge on any atom is 0.130 e. The van der Waals surface area contributed by atoms with Crippen molar-refractivity contribution in [3.05, 3.63) is 50.9 Å². The molecule has 2 rings (SSSR count). The molecule has 0 radical (unpaired) electrons. The molecule has 0 bridgehead atoms. The zero-order valence-electron chi connectivity index (χ0n) is 9.45. The van der Waals surface area contributed by atoms with Gasteiger partial charge in [0.05, 0.1) is 0 Å². The van der Waals surface area contributed by atoms with E-state index in [9.17, 15) is 0 Å². The van der Waals surface area contributed by atoms with Crippen molar-refractivity contribution in [2.45, 2.75) is 10.8 Å². The van der Waals surface area contributed by atoms with Crippen LogP contribution < -0.4 is 0 Å². The minimum Gasteiger partial charge on any atom is -0.192 e. The van der Waals surface area contributed by atoms with Crippen molar-refractivity contribution in [1.82, 2.24) is 4.37 Å². The van der Waals surface area contributed by atoms with Gasteiger partial charge in [-0.2, -0.15) is 9.64 Å². The first-order valence-corrected chi connectivity index (χ1v) is 7.21. The molecule has 1 aromatic carbocycles. The van der Waals surface area contributed by atoms with Crippen LogP contribution in [0.2, 0.25) is 5.02 Å². The highest BCUT2D eigenvalue weighted by Gasteiger charge is 2.13. The van der Waals surface area contributed by atoms with Crippen molar-refractivity contribution in [3.63, 3.8) is 0 Å². The summed E-state index contributed by atoms with van der Waals surface area (Å²) in [6.07, 6.45) is 0. The first-order chi connectivity index (χ1) is 9.26. The lowest BCUT2D eigenvalue weighted by Gasteiger charge is -2.02. The van der Waals surface area contributed by atoms with Crippen molar-refractivity contribution in [1.29, 1.82) is 5.26 Å². The van der Waals surface area contributed by atoms with Gasteiger partial charge in [0.1, 0.15) is 21.7 Å². The second kappa shape index (κ2) is 6.45. The fourth-order valence-electron chi connectivity index (χ4n) is 1.33. The number of rotatable bonds is 4. The molecule has 0 saturated heterocycles. The van der Waals surface area contributed by atoms with Crippen LogP contribution in [0.25, 0.3) is 10.4 Å². The number of aromatic nitrogens is 1. The molecule has 0 aliphatic rings. The number of azide groups is 1. The Kier molecular flexibility index (Phi) is 4.66. The highest BCUT2D eigenvalue weighted by Crippen LogP contribution is 2.35. The Morgan fingerprint density at radius 2 is 2.32 bits per heavy atom. The molecule has 0 atom stereocenters. The number of nitriles is 1. The second-order valence-corrected chi connectivity index (χ2v) is 5.47. The van der Waals surface area contributed by atoms with Gasteiger partial charge in [0, 0.05) is 15.7 Å². The van der Waals surface area contributed by atoms with Gasteiger partial charge in [-0.1, -0.05) is 41.6 Å². The standard InChI is InChI=1S/C11H6ClN5S2/c12-9-4-2-1-3-7(9)6-18-11-8(5-13)10(15-17-14)19-16-11/h1-4H,6H2. The predicted molar refractivity (Wildman–Crippen MR) is 76.6 cm³/mol. The summed E-state index contributed by atoms with van der Waals surface area (Å²) in [4.78, 5) is 2.67. The Hall–Kier alpha value is -1.71. The molecule has 8 heteroatoms. The summed E-state index contributed by atoms with van der Waals surface area (Å²) in [7, 11) is 0. The van der Waals surface area contributed by atoms with Crippen LogP contribution in [0.15, 0.2) is 34.4 Å². The van der Waals surface area contributed by atoms with Gasteiger partial charge in [0.2, 0.25) is 0 Å². The van der Waals surface area contributed by atoms with Gasteiger partial charge in [0.25, 0.3) is 0 Å². The molecule has 0 amide bonds. The quantitative estimate of drug-likeness (QED) is 0.348. The highest BCUT2D eigenvalue weighted by molar-refractivity contribution is 7.98. The largest absolute Gasteiger partial charge is 0.192 e. The molecular formula is C11H6ClN5S2. The molecule has 0 aliphatic heterocycles. The smallest absolute Gasteiger partial charge is 0.130 e. The van der Waals surface area contributed by atoms with Gasteiger partial charge in [0.15, 0.2) is 0 Å². The van der Waals surface area contributed by atoms with Gasteiger partial charge in [-0.3, -0.25) is 0 Å². The average molecular weight is 308 g/mol. The van der Waals surface area contributed by atoms with Crippen molar-refractivity contribution in [2.24, 2.45) is 5.11 Å². The Bertz CT molecular complexity index is 685.